The van der Waals surface area contributed by atoms with Crippen molar-refractivity contribution in [3.63, 3.8) is 0 Å². The molecule has 19 heavy (non-hydrogen) atoms. The van der Waals surface area contributed by atoms with E-state index in [0.717, 1.165) is 37.8 Å². The molecule has 2 heteroatoms. The first-order valence-electron chi connectivity index (χ1n) is 7.66. The second kappa shape index (κ2) is 7.54. The number of ether oxygens (including phenoxy) is 1. The zero-order valence-electron chi connectivity index (χ0n) is 12.3. The molecule has 0 amide bonds. The fourth-order valence-corrected chi connectivity index (χ4v) is 2.06. The largest absolute Gasteiger partial charge is 0.494 e. The summed E-state index contributed by atoms with van der Waals surface area (Å²) in [5.74, 6) is 2.71. The van der Waals surface area contributed by atoms with E-state index in [0.29, 0.717) is 5.92 Å². The lowest BCUT2D eigenvalue weighted by Crippen LogP contribution is -2.15. The highest BCUT2D eigenvalue weighted by molar-refractivity contribution is 5.27. The predicted molar refractivity (Wildman–Crippen MR) is 80.4 cm³/mol. The summed E-state index contributed by atoms with van der Waals surface area (Å²) in [6.07, 6.45) is 5.36. The normalized spacial score (nSPS) is 14.9. The molecule has 0 heterocycles. The summed E-state index contributed by atoms with van der Waals surface area (Å²) in [5, 5.41) is 3.51. The average Bonchev–Trinajstić information content (AvgIpc) is 3.20. The molecule has 0 bridgehead atoms. The second-order valence-electron chi connectivity index (χ2n) is 6.08. The van der Waals surface area contributed by atoms with E-state index in [9.17, 15) is 0 Å². The molecule has 1 aliphatic carbocycles. The van der Waals surface area contributed by atoms with Crippen molar-refractivity contribution in [2.45, 2.75) is 46.1 Å². The first-order chi connectivity index (χ1) is 9.24. The Labute approximate surface area is 117 Å². The maximum atomic E-state index is 5.72. The maximum absolute atomic E-state index is 5.72. The molecule has 0 aromatic heterocycles. The molecular weight excluding hydrogens is 234 g/mol. The van der Waals surface area contributed by atoms with Crippen LogP contribution >= 0.6 is 0 Å². The Morgan fingerprint density at radius 1 is 1.21 bits per heavy atom. The Morgan fingerprint density at radius 3 is 2.58 bits per heavy atom. The molecular formula is C17H27NO. The van der Waals surface area contributed by atoms with Gasteiger partial charge in [0.25, 0.3) is 0 Å². The molecule has 2 nitrogen and oxygen atoms in total. The van der Waals surface area contributed by atoms with Crippen molar-refractivity contribution in [1.82, 2.24) is 5.32 Å². The third kappa shape index (κ3) is 6.11. The minimum absolute atomic E-state index is 0.704. The van der Waals surface area contributed by atoms with Crippen LogP contribution in [0.3, 0.4) is 0 Å². The summed E-state index contributed by atoms with van der Waals surface area (Å²) < 4.78 is 5.72. The van der Waals surface area contributed by atoms with Crippen LogP contribution in [0, 0.1) is 11.8 Å². The van der Waals surface area contributed by atoms with Gasteiger partial charge in [-0.3, -0.25) is 0 Å². The SMILES string of the molecule is CC(C)CCOc1ccc(CNCCC2CC2)cc1. The molecule has 1 aromatic carbocycles. The van der Waals surface area contributed by atoms with E-state index < -0.39 is 0 Å². The van der Waals surface area contributed by atoms with E-state index in [1.54, 1.807) is 0 Å². The molecule has 0 atom stereocenters. The highest BCUT2D eigenvalue weighted by Crippen LogP contribution is 2.31. The van der Waals surface area contributed by atoms with Gasteiger partial charge in [-0.05, 0) is 48.9 Å². The molecule has 0 saturated heterocycles. The maximum Gasteiger partial charge on any atom is 0.119 e. The Hall–Kier alpha value is -1.02. The summed E-state index contributed by atoms with van der Waals surface area (Å²) in [6, 6.07) is 8.49. The number of benzene rings is 1. The third-order valence-corrected chi connectivity index (χ3v) is 3.64. The fourth-order valence-electron chi connectivity index (χ4n) is 2.06. The molecule has 1 saturated carbocycles. The Kier molecular flexibility index (Phi) is 5.71. The summed E-state index contributed by atoms with van der Waals surface area (Å²) in [5.41, 5.74) is 1.34. The van der Waals surface area contributed by atoms with Crippen molar-refractivity contribution in [3.05, 3.63) is 29.8 Å². The van der Waals surface area contributed by atoms with Gasteiger partial charge in [0.1, 0.15) is 5.75 Å². The highest BCUT2D eigenvalue weighted by Gasteiger charge is 2.19. The lowest BCUT2D eigenvalue weighted by molar-refractivity contribution is 0.289. The Balaban J connectivity index is 1.62. The number of nitrogens with one attached hydrogen (secondary N) is 1. The zero-order valence-corrected chi connectivity index (χ0v) is 12.3. The topological polar surface area (TPSA) is 21.3 Å². The van der Waals surface area contributed by atoms with E-state index in [1.165, 1.54) is 24.8 Å². The lowest BCUT2D eigenvalue weighted by Gasteiger charge is -2.09. The molecule has 1 fully saturated rings. The van der Waals surface area contributed by atoms with Gasteiger partial charge in [0.2, 0.25) is 0 Å². The second-order valence-corrected chi connectivity index (χ2v) is 6.08. The molecule has 1 aromatic rings. The van der Waals surface area contributed by atoms with E-state index in [4.69, 9.17) is 4.74 Å². The van der Waals surface area contributed by atoms with Crippen LogP contribution in [0.4, 0.5) is 0 Å². The molecule has 0 spiro atoms. The molecule has 0 unspecified atom stereocenters. The summed E-state index contributed by atoms with van der Waals surface area (Å²) in [6.45, 7) is 7.38. The molecule has 0 radical (unpaired) electrons. The van der Waals surface area contributed by atoms with Crippen LogP contribution in [-0.4, -0.2) is 13.2 Å². The average molecular weight is 261 g/mol. The molecule has 0 aliphatic heterocycles. The standard InChI is InChI=1S/C17H27NO/c1-14(2)10-12-19-17-7-5-16(6-8-17)13-18-11-9-15-3-4-15/h5-8,14-15,18H,3-4,9-13H2,1-2H3. The summed E-state index contributed by atoms with van der Waals surface area (Å²) >= 11 is 0. The van der Waals surface area contributed by atoms with E-state index in [2.05, 4.69) is 43.4 Å². The molecule has 1 N–H and O–H groups in total. The summed E-state index contributed by atoms with van der Waals surface area (Å²) in [7, 11) is 0. The van der Waals surface area contributed by atoms with Gasteiger partial charge in [0.05, 0.1) is 6.61 Å². The number of rotatable bonds is 9. The third-order valence-electron chi connectivity index (χ3n) is 3.64. The Bertz CT molecular complexity index is 354. The van der Waals surface area contributed by atoms with Gasteiger partial charge >= 0.3 is 0 Å². The van der Waals surface area contributed by atoms with Crippen LogP contribution in [0.5, 0.6) is 5.75 Å². The smallest absolute Gasteiger partial charge is 0.119 e. The molecule has 1 aliphatic rings. The minimum Gasteiger partial charge on any atom is -0.494 e. The molecule has 2 rings (SSSR count). The fraction of sp³-hybridized carbons (Fsp3) is 0.647. The predicted octanol–water partition coefficient (Wildman–Crippen LogP) is 4.00. The van der Waals surface area contributed by atoms with Gasteiger partial charge in [-0.2, -0.15) is 0 Å². The van der Waals surface area contributed by atoms with Crippen LogP contribution in [0.15, 0.2) is 24.3 Å². The van der Waals surface area contributed by atoms with Gasteiger partial charge in [-0.1, -0.05) is 38.8 Å². The van der Waals surface area contributed by atoms with E-state index >= 15 is 0 Å². The van der Waals surface area contributed by atoms with Crippen molar-refractivity contribution in [3.8, 4) is 5.75 Å². The highest BCUT2D eigenvalue weighted by atomic mass is 16.5. The van der Waals surface area contributed by atoms with Crippen LogP contribution in [0.1, 0.15) is 45.1 Å². The molecule has 106 valence electrons. The van der Waals surface area contributed by atoms with Crippen molar-refractivity contribution in [2.24, 2.45) is 11.8 Å². The minimum atomic E-state index is 0.704. The van der Waals surface area contributed by atoms with E-state index in [-0.39, 0.29) is 0 Å². The lowest BCUT2D eigenvalue weighted by atomic mass is 10.1. The van der Waals surface area contributed by atoms with Crippen molar-refractivity contribution in [1.29, 1.82) is 0 Å². The van der Waals surface area contributed by atoms with Gasteiger partial charge in [0.15, 0.2) is 0 Å². The van der Waals surface area contributed by atoms with Crippen LogP contribution in [-0.2, 0) is 6.54 Å². The summed E-state index contributed by atoms with van der Waals surface area (Å²) in [4.78, 5) is 0. The van der Waals surface area contributed by atoms with Gasteiger partial charge in [-0.25, -0.2) is 0 Å². The number of hydrogen-bond donors (Lipinski definition) is 1. The van der Waals surface area contributed by atoms with Gasteiger partial charge in [0, 0.05) is 6.54 Å². The Morgan fingerprint density at radius 2 is 1.95 bits per heavy atom. The monoisotopic (exact) mass is 261 g/mol. The zero-order chi connectivity index (χ0) is 13.5. The van der Waals surface area contributed by atoms with Crippen molar-refractivity contribution in [2.75, 3.05) is 13.2 Å². The van der Waals surface area contributed by atoms with Crippen molar-refractivity contribution < 1.29 is 4.74 Å². The van der Waals surface area contributed by atoms with Gasteiger partial charge < -0.3 is 10.1 Å². The first-order valence-corrected chi connectivity index (χ1v) is 7.66. The van der Waals surface area contributed by atoms with Crippen molar-refractivity contribution >= 4 is 0 Å². The van der Waals surface area contributed by atoms with Crippen LogP contribution in [0.2, 0.25) is 0 Å². The van der Waals surface area contributed by atoms with Gasteiger partial charge in [-0.15, -0.1) is 0 Å². The van der Waals surface area contributed by atoms with Crippen LogP contribution < -0.4 is 10.1 Å². The first kappa shape index (κ1) is 14.4. The quantitative estimate of drug-likeness (QED) is 0.678. The van der Waals surface area contributed by atoms with Crippen LogP contribution in [0.25, 0.3) is 0 Å². The number of hydrogen-bond acceptors (Lipinski definition) is 2. The van der Waals surface area contributed by atoms with E-state index in [1.807, 2.05) is 0 Å².